The molecule has 0 bridgehead atoms. The molecular weight excluding hydrogens is 532 g/mol. The lowest BCUT2D eigenvalue weighted by Crippen LogP contribution is -2.45. The zero-order valence-corrected chi connectivity index (χ0v) is 23.0. The Bertz CT molecular complexity index is 1340. The van der Waals surface area contributed by atoms with Crippen molar-refractivity contribution in [3.05, 3.63) is 111 Å². The number of non-ortho nitro benzene ring substituents is 1. The van der Waals surface area contributed by atoms with Crippen LogP contribution in [-0.4, -0.2) is 64.2 Å². The SMILES string of the molecule is CCOC(CCN(CCN1Cc2ccc(F)cc2CC1Cc1ccc(F)cc1)Cc1cccc([N+](=O)[O-])c1)C(=O)O. The monoisotopic (exact) mass is 567 g/mol. The van der Waals surface area contributed by atoms with Crippen molar-refractivity contribution in [3.63, 3.8) is 0 Å². The maximum Gasteiger partial charge on any atom is 0.332 e. The fourth-order valence-corrected chi connectivity index (χ4v) is 5.37. The van der Waals surface area contributed by atoms with Crippen LogP contribution in [0.2, 0.25) is 0 Å². The summed E-state index contributed by atoms with van der Waals surface area (Å²) in [5, 5.41) is 20.9. The minimum Gasteiger partial charge on any atom is -0.479 e. The number of nitro groups is 1. The van der Waals surface area contributed by atoms with Gasteiger partial charge in [-0.3, -0.25) is 19.9 Å². The predicted octanol–water partition coefficient (Wildman–Crippen LogP) is 5.22. The van der Waals surface area contributed by atoms with E-state index in [1.165, 1.54) is 30.3 Å². The van der Waals surface area contributed by atoms with Crippen molar-refractivity contribution in [2.24, 2.45) is 0 Å². The third kappa shape index (κ3) is 8.63. The average Bonchev–Trinajstić information content (AvgIpc) is 2.95. The Morgan fingerprint density at radius 1 is 1.07 bits per heavy atom. The van der Waals surface area contributed by atoms with E-state index in [0.29, 0.717) is 45.6 Å². The number of carbonyl (C=O) groups is 1. The third-order valence-corrected chi connectivity index (χ3v) is 7.48. The first-order valence-corrected chi connectivity index (χ1v) is 13.8. The van der Waals surface area contributed by atoms with Crippen molar-refractivity contribution in [3.8, 4) is 0 Å². The molecule has 2 unspecified atom stereocenters. The molecule has 0 spiro atoms. The first kappa shape index (κ1) is 30.2. The molecule has 0 radical (unpaired) electrons. The molecular formula is C31H35F2N3O5. The summed E-state index contributed by atoms with van der Waals surface area (Å²) in [4.78, 5) is 27.0. The predicted molar refractivity (Wildman–Crippen MR) is 150 cm³/mol. The van der Waals surface area contributed by atoms with Gasteiger partial charge in [-0.1, -0.05) is 30.3 Å². The molecule has 1 heterocycles. The normalized spacial score (nSPS) is 16.0. The number of ether oxygens (including phenoxy) is 1. The van der Waals surface area contributed by atoms with Crippen LogP contribution in [0, 0.1) is 21.7 Å². The quantitative estimate of drug-likeness (QED) is 0.211. The Morgan fingerprint density at radius 3 is 2.54 bits per heavy atom. The molecule has 218 valence electrons. The molecule has 1 aliphatic rings. The molecule has 1 aliphatic heterocycles. The number of halogens is 2. The highest BCUT2D eigenvalue weighted by Gasteiger charge is 2.27. The number of aliphatic carboxylic acids is 1. The minimum absolute atomic E-state index is 0.000546. The van der Waals surface area contributed by atoms with Gasteiger partial charge in [0.25, 0.3) is 5.69 Å². The Hall–Kier alpha value is -3.73. The van der Waals surface area contributed by atoms with Crippen LogP contribution in [0.25, 0.3) is 0 Å². The number of carboxylic acid groups (broad SMARTS) is 1. The zero-order chi connectivity index (χ0) is 29.4. The summed E-state index contributed by atoms with van der Waals surface area (Å²) in [6, 6.07) is 17.8. The van der Waals surface area contributed by atoms with Gasteiger partial charge >= 0.3 is 5.97 Å². The molecule has 0 saturated heterocycles. The van der Waals surface area contributed by atoms with Crippen LogP contribution in [0.4, 0.5) is 14.5 Å². The van der Waals surface area contributed by atoms with Crippen molar-refractivity contribution < 1.29 is 28.3 Å². The number of fused-ring (bicyclic) bond motifs is 1. The van der Waals surface area contributed by atoms with E-state index in [9.17, 15) is 28.8 Å². The highest BCUT2D eigenvalue weighted by atomic mass is 19.1. The van der Waals surface area contributed by atoms with Crippen molar-refractivity contribution in [1.29, 1.82) is 0 Å². The zero-order valence-electron chi connectivity index (χ0n) is 23.0. The molecule has 2 atom stereocenters. The van der Waals surface area contributed by atoms with Crippen LogP contribution < -0.4 is 0 Å². The van der Waals surface area contributed by atoms with Gasteiger partial charge in [-0.15, -0.1) is 0 Å². The maximum absolute atomic E-state index is 14.0. The molecule has 0 fully saturated rings. The molecule has 0 saturated carbocycles. The largest absolute Gasteiger partial charge is 0.479 e. The molecule has 0 amide bonds. The van der Waals surface area contributed by atoms with E-state index in [2.05, 4.69) is 9.80 Å². The molecule has 41 heavy (non-hydrogen) atoms. The second-order valence-electron chi connectivity index (χ2n) is 10.3. The molecule has 0 aliphatic carbocycles. The number of nitrogens with zero attached hydrogens (tertiary/aromatic N) is 3. The van der Waals surface area contributed by atoms with Gasteiger partial charge < -0.3 is 9.84 Å². The summed E-state index contributed by atoms with van der Waals surface area (Å²) in [7, 11) is 0. The number of hydrogen-bond acceptors (Lipinski definition) is 6. The lowest BCUT2D eigenvalue weighted by molar-refractivity contribution is -0.384. The van der Waals surface area contributed by atoms with Crippen LogP contribution in [0.5, 0.6) is 0 Å². The number of hydrogen-bond donors (Lipinski definition) is 1. The first-order chi connectivity index (χ1) is 19.7. The Morgan fingerprint density at radius 2 is 1.83 bits per heavy atom. The Labute approximate surface area is 238 Å². The summed E-state index contributed by atoms with van der Waals surface area (Å²) < 4.78 is 33.0. The van der Waals surface area contributed by atoms with Gasteiger partial charge in [-0.2, -0.15) is 0 Å². The second kappa shape index (κ2) is 14.2. The summed E-state index contributed by atoms with van der Waals surface area (Å²) in [6.07, 6.45) is 0.614. The minimum atomic E-state index is -1.03. The van der Waals surface area contributed by atoms with Crippen LogP contribution >= 0.6 is 0 Å². The maximum atomic E-state index is 14.0. The molecule has 3 aromatic carbocycles. The van der Waals surface area contributed by atoms with E-state index in [0.717, 1.165) is 22.3 Å². The first-order valence-electron chi connectivity index (χ1n) is 13.8. The van der Waals surface area contributed by atoms with Crippen LogP contribution in [0.1, 0.15) is 35.6 Å². The number of benzene rings is 3. The fourth-order valence-electron chi connectivity index (χ4n) is 5.37. The average molecular weight is 568 g/mol. The van der Waals surface area contributed by atoms with E-state index >= 15 is 0 Å². The number of nitro benzene ring substituents is 1. The van der Waals surface area contributed by atoms with Crippen molar-refractivity contribution in [1.82, 2.24) is 9.80 Å². The molecule has 10 heteroatoms. The van der Waals surface area contributed by atoms with E-state index in [-0.39, 0.29) is 36.4 Å². The van der Waals surface area contributed by atoms with E-state index in [1.54, 1.807) is 31.2 Å². The van der Waals surface area contributed by atoms with E-state index in [1.807, 2.05) is 12.1 Å². The van der Waals surface area contributed by atoms with Gasteiger partial charge in [-0.25, -0.2) is 13.6 Å². The summed E-state index contributed by atoms with van der Waals surface area (Å²) in [5.74, 6) is -1.60. The highest BCUT2D eigenvalue weighted by molar-refractivity contribution is 5.72. The highest BCUT2D eigenvalue weighted by Crippen LogP contribution is 2.27. The Balaban J connectivity index is 1.53. The lowest BCUT2D eigenvalue weighted by atomic mass is 9.90. The van der Waals surface area contributed by atoms with Crippen LogP contribution in [0.3, 0.4) is 0 Å². The van der Waals surface area contributed by atoms with Gasteiger partial charge in [0.1, 0.15) is 11.6 Å². The van der Waals surface area contributed by atoms with Crippen LogP contribution in [-0.2, 0) is 35.5 Å². The smallest absolute Gasteiger partial charge is 0.332 e. The molecule has 3 aromatic rings. The summed E-state index contributed by atoms with van der Waals surface area (Å²) in [6.45, 7) is 4.65. The third-order valence-electron chi connectivity index (χ3n) is 7.48. The number of rotatable bonds is 14. The summed E-state index contributed by atoms with van der Waals surface area (Å²) >= 11 is 0. The molecule has 8 nitrogen and oxygen atoms in total. The number of carboxylic acids is 1. The molecule has 4 rings (SSSR count). The van der Waals surface area contributed by atoms with Crippen molar-refractivity contribution in [2.75, 3.05) is 26.2 Å². The fraction of sp³-hybridized carbons (Fsp3) is 0.387. The standard InChI is InChI=1S/C31H35F2N3O5/c1-2-41-30(31(37)38)12-13-34(20-23-4-3-5-28(17-23)36(39)40)14-15-35-21-24-8-11-27(33)18-25(24)19-29(35)16-22-6-9-26(32)10-7-22/h3-11,17-18,29-30H,2,12-16,19-21H2,1H3,(H,37,38). The van der Waals surface area contributed by atoms with E-state index < -0.39 is 17.0 Å². The van der Waals surface area contributed by atoms with Gasteiger partial charge in [0, 0.05) is 57.5 Å². The van der Waals surface area contributed by atoms with Crippen LogP contribution in [0.15, 0.2) is 66.7 Å². The topological polar surface area (TPSA) is 96.1 Å². The van der Waals surface area contributed by atoms with Crippen molar-refractivity contribution >= 4 is 11.7 Å². The Kier molecular flexibility index (Phi) is 10.5. The molecule has 1 N–H and O–H groups in total. The lowest BCUT2D eigenvalue weighted by Gasteiger charge is -2.38. The van der Waals surface area contributed by atoms with Gasteiger partial charge in [0.05, 0.1) is 4.92 Å². The van der Waals surface area contributed by atoms with Gasteiger partial charge in [0.2, 0.25) is 0 Å². The van der Waals surface area contributed by atoms with Crippen molar-refractivity contribution in [2.45, 2.75) is 51.4 Å². The van der Waals surface area contributed by atoms with Gasteiger partial charge in [-0.05, 0) is 72.7 Å². The van der Waals surface area contributed by atoms with E-state index in [4.69, 9.17) is 4.74 Å². The second-order valence-corrected chi connectivity index (χ2v) is 10.3. The van der Waals surface area contributed by atoms with Gasteiger partial charge in [0.15, 0.2) is 6.10 Å². The molecule has 0 aromatic heterocycles. The summed E-state index contributed by atoms with van der Waals surface area (Å²) in [5.41, 5.74) is 3.75.